The van der Waals surface area contributed by atoms with Gasteiger partial charge < -0.3 is 14.0 Å². The van der Waals surface area contributed by atoms with E-state index in [1.165, 1.54) is 52.1 Å². The number of aryl methyl sites for hydroxylation is 1. The smallest absolute Gasteiger partial charge is 0.279 e. The molecule has 2 aromatic carbocycles. The number of rotatable bonds is 10. The van der Waals surface area contributed by atoms with E-state index in [1.54, 1.807) is 14.2 Å². The summed E-state index contributed by atoms with van der Waals surface area (Å²) in [5.41, 5.74) is 1.07. The van der Waals surface area contributed by atoms with Crippen LogP contribution in [0.15, 0.2) is 71.6 Å². The molecule has 0 aliphatic heterocycles. The predicted octanol–water partition coefficient (Wildman–Crippen LogP) is 3.84. The fourth-order valence-electron chi connectivity index (χ4n) is 3.46. The standard InChI is InChI=1S/C24H27N3O5S2/c1-6-15-26(16-7-2)34(29,30)18-11-9-17(10-12-18)23(28)25-24-27(8-3)21-19(31-4)13-14-20(32-5)22(21)33-24/h6-7,9-14H,1-2,8,15-16H2,3-5H3. The molecule has 0 N–H and O–H groups in total. The van der Waals surface area contributed by atoms with Crippen molar-refractivity contribution >= 4 is 37.5 Å². The number of benzene rings is 2. The topological polar surface area (TPSA) is 90.2 Å². The summed E-state index contributed by atoms with van der Waals surface area (Å²) in [5, 5.41) is 0. The molecule has 34 heavy (non-hydrogen) atoms. The van der Waals surface area contributed by atoms with E-state index in [4.69, 9.17) is 9.47 Å². The van der Waals surface area contributed by atoms with Crippen molar-refractivity contribution in [2.75, 3.05) is 27.3 Å². The molecule has 180 valence electrons. The van der Waals surface area contributed by atoms with Gasteiger partial charge >= 0.3 is 0 Å². The zero-order chi connectivity index (χ0) is 24.9. The number of sulfonamides is 1. The van der Waals surface area contributed by atoms with Gasteiger partial charge in [0.05, 0.1) is 19.1 Å². The van der Waals surface area contributed by atoms with Crippen LogP contribution < -0.4 is 14.3 Å². The van der Waals surface area contributed by atoms with Crippen LogP contribution >= 0.6 is 11.3 Å². The monoisotopic (exact) mass is 501 g/mol. The van der Waals surface area contributed by atoms with Crippen molar-refractivity contribution in [3.63, 3.8) is 0 Å². The summed E-state index contributed by atoms with van der Waals surface area (Å²) in [4.78, 5) is 17.8. The number of hydrogen-bond donors (Lipinski definition) is 0. The van der Waals surface area contributed by atoms with E-state index in [0.717, 1.165) is 10.2 Å². The quantitative estimate of drug-likeness (QED) is 0.394. The average Bonchev–Trinajstić information content (AvgIpc) is 3.21. The number of methoxy groups -OCH3 is 2. The third-order valence-electron chi connectivity index (χ3n) is 5.11. The van der Waals surface area contributed by atoms with Gasteiger partial charge in [-0.3, -0.25) is 4.79 Å². The molecule has 0 unspecified atom stereocenters. The summed E-state index contributed by atoms with van der Waals surface area (Å²) in [6.45, 7) is 10.0. The molecular weight excluding hydrogens is 474 g/mol. The van der Waals surface area contributed by atoms with E-state index in [9.17, 15) is 13.2 Å². The van der Waals surface area contributed by atoms with Gasteiger partial charge in [0, 0.05) is 25.2 Å². The molecule has 3 rings (SSSR count). The van der Waals surface area contributed by atoms with Gasteiger partial charge in [0.15, 0.2) is 4.80 Å². The first-order valence-electron chi connectivity index (χ1n) is 10.5. The SMILES string of the molecule is C=CCN(CC=C)S(=O)(=O)c1ccc(C(=O)N=c2sc3c(OC)ccc(OC)c3n2CC)cc1. The highest BCUT2D eigenvalue weighted by Gasteiger charge is 2.23. The molecule has 1 heterocycles. The van der Waals surface area contributed by atoms with Gasteiger partial charge in [-0.2, -0.15) is 9.30 Å². The first-order chi connectivity index (χ1) is 16.3. The number of carbonyl (C=O) groups excluding carboxylic acids is 1. The molecule has 3 aromatic rings. The second-order valence-corrected chi connectivity index (χ2v) is 10.0. The Morgan fingerprint density at radius 2 is 1.65 bits per heavy atom. The summed E-state index contributed by atoms with van der Waals surface area (Å²) >= 11 is 1.32. The van der Waals surface area contributed by atoms with Gasteiger partial charge in [-0.05, 0) is 43.3 Å². The molecule has 0 aliphatic carbocycles. The Hall–Kier alpha value is -3.21. The maximum absolute atomic E-state index is 12.9. The number of hydrogen-bond acceptors (Lipinski definition) is 6. The molecule has 1 aromatic heterocycles. The second kappa shape index (κ2) is 10.8. The van der Waals surface area contributed by atoms with Crippen LogP contribution in [0.25, 0.3) is 10.2 Å². The highest BCUT2D eigenvalue weighted by molar-refractivity contribution is 7.89. The Balaban J connectivity index is 2.02. The highest BCUT2D eigenvalue weighted by Crippen LogP contribution is 2.35. The first-order valence-corrected chi connectivity index (χ1v) is 12.7. The van der Waals surface area contributed by atoms with Crippen molar-refractivity contribution in [2.24, 2.45) is 4.99 Å². The minimum Gasteiger partial charge on any atom is -0.495 e. The van der Waals surface area contributed by atoms with E-state index >= 15 is 0 Å². The third kappa shape index (κ3) is 4.84. The Morgan fingerprint density at radius 1 is 1.06 bits per heavy atom. The molecule has 1 amide bonds. The summed E-state index contributed by atoms with van der Waals surface area (Å²) in [7, 11) is -0.583. The third-order valence-corrected chi connectivity index (χ3v) is 8.05. The molecule has 0 saturated heterocycles. The molecule has 0 atom stereocenters. The van der Waals surface area contributed by atoms with E-state index in [2.05, 4.69) is 18.2 Å². The largest absolute Gasteiger partial charge is 0.495 e. The molecule has 0 spiro atoms. The van der Waals surface area contributed by atoms with Crippen molar-refractivity contribution in [3.05, 3.63) is 72.1 Å². The molecule has 0 radical (unpaired) electrons. The van der Waals surface area contributed by atoms with Gasteiger partial charge in [-0.1, -0.05) is 23.5 Å². The zero-order valence-electron chi connectivity index (χ0n) is 19.4. The molecule has 10 heteroatoms. The maximum Gasteiger partial charge on any atom is 0.279 e. The zero-order valence-corrected chi connectivity index (χ0v) is 21.0. The van der Waals surface area contributed by atoms with Crippen molar-refractivity contribution in [1.29, 1.82) is 0 Å². The maximum atomic E-state index is 12.9. The van der Waals surface area contributed by atoms with Gasteiger partial charge in [0.25, 0.3) is 5.91 Å². The molecule has 8 nitrogen and oxygen atoms in total. The first kappa shape index (κ1) is 25.4. The number of carbonyl (C=O) groups is 1. The predicted molar refractivity (Wildman–Crippen MR) is 134 cm³/mol. The lowest BCUT2D eigenvalue weighted by Gasteiger charge is -2.19. The van der Waals surface area contributed by atoms with Crippen molar-refractivity contribution in [3.8, 4) is 11.5 Å². The van der Waals surface area contributed by atoms with Crippen LogP contribution in [0.2, 0.25) is 0 Å². The number of thiazole rings is 1. The Morgan fingerprint density at radius 3 is 2.18 bits per heavy atom. The number of fused-ring (bicyclic) bond motifs is 1. The summed E-state index contributed by atoms with van der Waals surface area (Å²) < 4.78 is 40.7. The molecule has 0 bridgehead atoms. The summed E-state index contributed by atoms with van der Waals surface area (Å²) in [5.74, 6) is 0.834. The molecule has 0 saturated carbocycles. The van der Waals surface area contributed by atoms with Crippen LogP contribution in [0, 0.1) is 0 Å². The lowest BCUT2D eigenvalue weighted by atomic mass is 10.2. The number of aromatic nitrogens is 1. The fraction of sp³-hybridized carbons (Fsp3) is 0.250. The average molecular weight is 502 g/mol. The lowest BCUT2D eigenvalue weighted by molar-refractivity contribution is 0.0997. The lowest BCUT2D eigenvalue weighted by Crippen LogP contribution is -2.31. The molecule has 0 aliphatic rings. The van der Waals surface area contributed by atoms with Crippen LogP contribution in [-0.4, -0.2) is 50.5 Å². The van der Waals surface area contributed by atoms with Crippen LogP contribution in [0.3, 0.4) is 0 Å². The molecule has 0 fully saturated rings. The van der Waals surface area contributed by atoms with Crippen molar-refractivity contribution < 1.29 is 22.7 Å². The van der Waals surface area contributed by atoms with Gasteiger partial charge in [0.1, 0.15) is 21.7 Å². The Kier molecular flexibility index (Phi) is 8.08. The number of nitrogens with zero attached hydrogens (tertiary/aromatic N) is 3. The molecular formula is C24H27N3O5S2. The van der Waals surface area contributed by atoms with Crippen LogP contribution in [0.5, 0.6) is 11.5 Å². The van der Waals surface area contributed by atoms with Crippen molar-refractivity contribution in [1.82, 2.24) is 8.87 Å². The van der Waals surface area contributed by atoms with Crippen molar-refractivity contribution in [2.45, 2.75) is 18.4 Å². The summed E-state index contributed by atoms with van der Waals surface area (Å²) in [6.07, 6.45) is 3.02. The van der Waals surface area contributed by atoms with Gasteiger partial charge in [0.2, 0.25) is 10.0 Å². The van der Waals surface area contributed by atoms with E-state index < -0.39 is 15.9 Å². The fourth-order valence-corrected chi connectivity index (χ4v) is 6.04. The van der Waals surface area contributed by atoms with Crippen LogP contribution in [-0.2, 0) is 16.6 Å². The highest BCUT2D eigenvalue weighted by atomic mass is 32.2. The van der Waals surface area contributed by atoms with Gasteiger partial charge in [-0.25, -0.2) is 8.42 Å². The minimum absolute atomic E-state index is 0.0766. The van der Waals surface area contributed by atoms with E-state index in [-0.39, 0.29) is 23.5 Å². The van der Waals surface area contributed by atoms with Crippen LogP contribution in [0.4, 0.5) is 0 Å². The minimum atomic E-state index is -3.75. The number of amides is 1. The van der Waals surface area contributed by atoms with E-state index in [0.29, 0.717) is 22.8 Å². The number of ether oxygens (including phenoxy) is 2. The van der Waals surface area contributed by atoms with Crippen LogP contribution in [0.1, 0.15) is 17.3 Å². The second-order valence-electron chi connectivity index (χ2n) is 7.12. The normalized spacial score (nSPS) is 12.2. The Bertz CT molecular complexity index is 1380. The summed E-state index contributed by atoms with van der Waals surface area (Å²) in [6, 6.07) is 9.36. The Labute approximate surface area is 203 Å². The van der Waals surface area contributed by atoms with Gasteiger partial charge in [-0.15, -0.1) is 13.2 Å². The van der Waals surface area contributed by atoms with E-state index in [1.807, 2.05) is 23.6 Å².